The highest BCUT2D eigenvalue weighted by molar-refractivity contribution is 5.89. The number of hydrogen-bond acceptors (Lipinski definition) is 5. The van der Waals surface area contributed by atoms with Crippen molar-refractivity contribution in [2.45, 2.75) is 52.5 Å². The Morgan fingerprint density at radius 3 is 2.28 bits per heavy atom. The van der Waals surface area contributed by atoms with Gasteiger partial charge >= 0.3 is 12.1 Å². The van der Waals surface area contributed by atoms with Crippen LogP contribution >= 0.6 is 0 Å². The standard InChI is InChI=1S/C23H23F3N2O4/c1-12(31-15-8-6-14(7-9-15)21(30)32-22(3,4)5)16-10-17-19(11-18(16)23(24,25)26)27-13(2)28-20(17)29/h6-12H,1-5H3,(H,27,28,29). The SMILES string of the molecule is Cc1nc2cc(C(F)(F)F)c(C(C)Oc3ccc(C(=O)OC(C)(C)C)cc3)cc2c(=O)[nH]1. The molecule has 0 radical (unpaired) electrons. The minimum Gasteiger partial charge on any atom is -0.486 e. The molecular weight excluding hydrogens is 425 g/mol. The van der Waals surface area contributed by atoms with Crippen molar-refractivity contribution in [3.8, 4) is 5.75 Å². The number of halogens is 3. The number of carbonyl (C=O) groups is 1. The third kappa shape index (κ3) is 5.27. The number of hydrogen-bond donors (Lipinski definition) is 1. The predicted molar refractivity (Wildman–Crippen MR) is 113 cm³/mol. The number of esters is 1. The highest BCUT2D eigenvalue weighted by Crippen LogP contribution is 2.37. The van der Waals surface area contributed by atoms with Gasteiger partial charge in [0, 0.05) is 5.56 Å². The van der Waals surface area contributed by atoms with Gasteiger partial charge in [-0.3, -0.25) is 4.79 Å². The van der Waals surface area contributed by atoms with Crippen molar-refractivity contribution in [2.75, 3.05) is 0 Å². The summed E-state index contributed by atoms with van der Waals surface area (Å²) in [5, 5.41) is 0.0364. The Morgan fingerprint density at radius 1 is 1.09 bits per heavy atom. The van der Waals surface area contributed by atoms with Crippen LogP contribution in [0.25, 0.3) is 10.9 Å². The first-order valence-electron chi connectivity index (χ1n) is 9.86. The fourth-order valence-electron chi connectivity index (χ4n) is 3.18. The molecule has 1 unspecified atom stereocenters. The number of aromatic amines is 1. The lowest BCUT2D eigenvalue weighted by molar-refractivity contribution is -0.138. The number of carbonyl (C=O) groups excluding carboxylic acids is 1. The third-order valence-electron chi connectivity index (χ3n) is 4.54. The molecule has 0 fully saturated rings. The number of nitrogens with zero attached hydrogens (tertiary/aromatic N) is 1. The molecule has 1 heterocycles. The van der Waals surface area contributed by atoms with Gasteiger partial charge in [0.1, 0.15) is 23.3 Å². The summed E-state index contributed by atoms with van der Waals surface area (Å²) in [6.45, 7) is 8.18. The summed E-state index contributed by atoms with van der Waals surface area (Å²) in [6.07, 6.45) is -5.70. The minimum atomic E-state index is -4.67. The Labute approximate surface area is 182 Å². The van der Waals surface area contributed by atoms with Crippen molar-refractivity contribution in [1.29, 1.82) is 0 Å². The zero-order chi connectivity index (χ0) is 23.8. The molecule has 1 atom stereocenters. The number of benzene rings is 2. The minimum absolute atomic E-state index is 0.0364. The molecule has 0 saturated carbocycles. The molecule has 0 aliphatic rings. The molecule has 2 aromatic carbocycles. The van der Waals surface area contributed by atoms with E-state index in [0.717, 1.165) is 12.1 Å². The van der Waals surface area contributed by atoms with Gasteiger partial charge in [0.2, 0.25) is 0 Å². The molecule has 0 amide bonds. The molecule has 0 bridgehead atoms. The summed E-state index contributed by atoms with van der Waals surface area (Å²) in [6, 6.07) is 7.91. The summed E-state index contributed by atoms with van der Waals surface area (Å²) in [5.41, 5.74) is -2.07. The van der Waals surface area contributed by atoms with Crippen molar-refractivity contribution in [3.05, 3.63) is 69.3 Å². The van der Waals surface area contributed by atoms with Crippen molar-refractivity contribution in [1.82, 2.24) is 9.97 Å². The van der Waals surface area contributed by atoms with Crippen LogP contribution in [0.3, 0.4) is 0 Å². The van der Waals surface area contributed by atoms with Crippen LogP contribution in [0.2, 0.25) is 0 Å². The Morgan fingerprint density at radius 2 is 1.72 bits per heavy atom. The largest absolute Gasteiger partial charge is 0.486 e. The van der Waals surface area contributed by atoms with E-state index in [0.29, 0.717) is 0 Å². The second kappa shape index (κ2) is 8.29. The molecule has 6 nitrogen and oxygen atoms in total. The Balaban J connectivity index is 1.93. The van der Waals surface area contributed by atoms with E-state index in [9.17, 15) is 22.8 Å². The van der Waals surface area contributed by atoms with Gasteiger partial charge in [-0.25, -0.2) is 9.78 Å². The van der Waals surface area contributed by atoms with E-state index in [1.807, 2.05) is 0 Å². The monoisotopic (exact) mass is 448 g/mol. The van der Waals surface area contributed by atoms with E-state index in [1.54, 1.807) is 20.8 Å². The highest BCUT2D eigenvalue weighted by atomic mass is 19.4. The molecule has 1 aromatic heterocycles. The number of rotatable bonds is 4. The molecule has 0 aliphatic heterocycles. The first-order valence-corrected chi connectivity index (χ1v) is 9.86. The average Bonchev–Trinajstić information content (AvgIpc) is 2.65. The normalized spacial score (nSPS) is 13.1. The number of H-pyrrole nitrogens is 1. The van der Waals surface area contributed by atoms with Gasteiger partial charge in [0.25, 0.3) is 5.56 Å². The van der Waals surface area contributed by atoms with Crippen LogP contribution in [0, 0.1) is 6.92 Å². The molecule has 0 saturated heterocycles. The Hall–Kier alpha value is -3.36. The van der Waals surface area contributed by atoms with Crippen LogP contribution in [0.1, 0.15) is 61.1 Å². The van der Waals surface area contributed by atoms with Gasteiger partial charge in [0.05, 0.1) is 22.0 Å². The number of aromatic nitrogens is 2. The number of nitrogens with one attached hydrogen (secondary N) is 1. The molecule has 0 spiro atoms. The summed E-state index contributed by atoms with van der Waals surface area (Å²) in [7, 11) is 0. The van der Waals surface area contributed by atoms with Crippen LogP contribution < -0.4 is 10.3 Å². The van der Waals surface area contributed by atoms with E-state index in [2.05, 4.69) is 9.97 Å². The van der Waals surface area contributed by atoms with Crippen LogP contribution in [-0.4, -0.2) is 21.5 Å². The number of fused-ring (bicyclic) bond motifs is 1. The summed E-state index contributed by atoms with van der Waals surface area (Å²) in [4.78, 5) is 30.9. The fraction of sp³-hybridized carbons (Fsp3) is 0.348. The van der Waals surface area contributed by atoms with Crippen LogP contribution in [0.15, 0.2) is 41.2 Å². The zero-order valence-electron chi connectivity index (χ0n) is 18.3. The fourth-order valence-corrected chi connectivity index (χ4v) is 3.18. The second-order valence-electron chi connectivity index (χ2n) is 8.39. The molecule has 3 aromatic rings. The van der Waals surface area contributed by atoms with E-state index in [-0.39, 0.29) is 33.6 Å². The molecule has 9 heteroatoms. The first kappa shape index (κ1) is 23.3. The maximum Gasteiger partial charge on any atom is 0.416 e. The lowest BCUT2D eigenvalue weighted by atomic mass is 9.99. The van der Waals surface area contributed by atoms with E-state index < -0.39 is 35.0 Å². The van der Waals surface area contributed by atoms with Gasteiger partial charge in [-0.05, 0) is 71.0 Å². The molecule has 0 aliphatic carbocycles. The number of alkyl halides is 3. The van der Waals surface area contributed by atoms with Gasteiger partial charge in [-0.2, -0.15) is 13.2 Å². The highest BCUT2D eigenvalue weighted by Gasteiger charge is 2.36. The van der Waals surface area contributed by atoms with Gasteiger partial charge in [0.15, 0.2) is 0 Å². The molecule has 3 rings (SSSR count). The Kier molecular flexibility index (Phi) is 6.04. The lowest BCUT2D eigenvalue weighted by Crippen LogP contribution is -2.23. The Bertz CT molecular complexity index is 1210. The second-order valence-corrected chi connectivity index (χ2v) is 8.39. The van der Waals surface area contributed by atoms with Crippen molar-refractivity contribution < 1.29 is 27.4 Å². The quantitative estimate of drug-likeness (QED) is 0.545. The van der Waals surface area contributed by atoms with Crippen molar-refractivity contribution in [2.24, 2.45) is 0 Å². The smallest absolute Gasteiger partial charge is 0.416 e. The molecule has 32 heavy (non-hydrogen) atoms. The third-order valence-corrected chi connectivity index (χ3v) is 4.54. The van der Waals surface area contributed by atoms with Crippen molar-refractivity contribution >= 4 is 16.9 Å². The average molecular weight is 448 g/mol. The van der Waals surface area contributed by atoms with Gasteiger partial charge < -0.3 is 14.5 Å². The predicted octanol–water partition coefficient (Wildman–Crippen LogP) is 5.35. The van der Waals surface area contributed by atoms with E-state index in [4.69, 9.17) is 9.47 Å². The molecule has 170 valence electrons. The van der Waals surface area contributed by atoms with Crippen LogP contribution in [0.4, 0.5) is 13.2 Å². The number of aryl methyl sites for hydroxylation is 1. The van der Waals surface area contributed by atoms with Crippen LogP contribution in [0.5, 0.6) is 5.75 Å². The summed E-state index contributed by atoms with van der Waals surface area (Å²) < 4.78 is 52.2. The summed E-state index contributed by atoms with van der Waals surface area (Å²) >= 11 is 0. The zero-order valence-corrected chi connectivity index (χ0v) is 18.3. The molecule has 1 N–H and O–H groups in total. The molecular formula is C23H23F3N2O4. The van der Waals surface area contributed by atoms with Gasteiger partial charge in [-0.15, -0.1) is 0 Å². The first-order chi connectivity index (χ1) is 14.7. The maximum atomic E-state index is 13.7. The summed E-state index contributed by atoms with van der Waals surface area (Å²) in [5.74, 6) is -0.0419. The lowest BCUT2D eigenvalue weighted by Gasteiger charge is -2.21. The van der Waals surface area contributed by atoms with Crippen molar-refractivity contribution in [3.63, 3.8) is 0 Å². The van der Waals surface area contributed by atoms with E-state index in [1.165, 1.54) is 38.1 Å². The van der Waals surface area contributed by atoms with Gasteiger partial charge in [-0.1, -0.05) is 0 Å². The van der Waals surface area contributed by atoms with E-state index >= 15 is 0 Å². The number of ether oxygens (including phenoxy) is 2. The maximum absolute atomic E-state index is 13.7. The van der Waals surface area contributed by atoms with Crippen LogP contribution in [-0.2, 0) is 10.9 Å². The topological polar surface area (TPSA) is 81.3 Å².